The average molecular weight is 182 g/mol. The Morgan fingerprint density at radius 1 is 1.20 bits per heavy atom. The van der Waals surface area contributed by atoms with E-state index in [0.29, 0.717) is 25.7 Å². The number of hydrogen-bond donors (Lipinski definition) is 0. The molecule has 0 saturated carbocycles. The zero-order valence-electron chi connectivity index (χ0n) is 5.38. The van der Waals surface area contributed by atoms with Gasteiger partial charge in [-0.25, -0.2) is 4.90 Å². The summed E-state index contributed by atoms with van der Waals surface area (Å²) in [6.45, 7) is 1.83. The van der Waals surface area contributed by atoms with Gasteiger partial charge in [-0.1, -0.05) is 0 Å². The Morgan fingerprint density at radius 2 is 1.70 bits per heavy atom. The van der Waals surface area contributed by atoms with E-state index in [4.69, 9.17) is 24.9 Å². The molecule has 0 aromatic carbocycles. The van der Waals surface area contributed by atoms with E-state index in [2.05, 4.69) is 0 Å². The molecule has 4 nitrogen and oxygen atoms in total. The second-order valence-electron chi connectivity index (χ2n) is 2.31. The molecular formula is C4H8ClNO3Si. The lowest BCUT2D eigenvalue weighted by atomic mass is 10.9. The number of rotatable bonds is 1. The second kappa shape index (κ2) is 2.44. The van der Waals surface area contributed by atoms with Gasteiger partial charge in [-0.3, -0.25) is 0 Å². The van der Waals surface area contributed by atoms with Crippen LogP contribution in [0.25, 0.3) is 0 Å². The van der Waals surface area contributed by atoms with Gasteiger partial charge >= 0.3 is 8.80 Å². The Labute approximate surface area is 65.0 Å². The summed E-state index contributed by atoms with van der Waals surface area (Å²) in [7, 11) is -2.34. The summed E-state index contributed by atoms with van der Waals surface area (Å²) in [6, 6.07) is 0. The van der Waals surface area contributed by atoms with Gasteiger partial charge in [0.2, 0.25) is 0 Å². The Bertz CT molecular complexity index is 125. The predicted octanol–water partition coefficient (Wildman–Crippen LogP) is -0.0452. The largest absolute Gasteiger partial charge is 0.519 e. The van der Waals surface area contributed by atoms with Crippen LogP contribution in [0, 0.1) is 0 Å². The van der Waals surface area contributed by atoms with Crippen molar-refractivity contribution >= 4 is 20.4 Å². The molecule has 6 heteroatoms. The first kappa shape index (κ1) is 7.02. The molecule has 58 valence electrons. The predicted molar refractivity (Wildman–Crippen MR) is 36.2 cm³/mol. The zero-order valence-corrected chi connectivity index (χ0v) is 7.13. The highest BCUT2D eigenvalue weighted by Gasteiger charge is 2.48. The van der Waals surface area contributed by atoms with Crippen molar-refractivity contribution in [3.05, 3.63) is 0 Å². The van der Waals surface area contributed by atoms with E-state index in [9.17, 15) is 0 Å². The van der Waals surface area contributed by atoms with E-state index < -0.39 is 8.80 Å². The van der Waals surface area contributed by atoms with Crippen LogP contribution in [-0.4, -0.2) is 39.4 Å². The fraction of sp³-hybridized carbons (Fsp3) is 1.00. The van der Waals surface area contributed by atoms with E-state index in [0.717, 1.165) is 0 Å². The van der Waals surface area contributed by atoms with Crippen molar-refractivity contribution in [3.63, 3.8) is 0 Å². The highest BCUT2D eigenvalue weighted by Crippen LogP contribution is 2.22. The minimum absolute atomic E-state index is 0.362. The summed E-state index contributed by atoms with van der Waals surface area (Å²) in [5.74, 6) is 0. The summed E-state index contributed by atoms with van der Waals surface area (Å²) in [5, 5.41) is 0. The van der Waals surface area contributed by atoms with Gasteiger partial charge < -0.3 is 13.3 Å². The normalized spacial score (nSPS) is 45.9. The van der Waals surface area contributed by atoms with E-state index in [-0.39, 0.29) is 0 Å². The van der Waals surface area contributed by atoms with Crippen LogP contribution in [0.4, 0.5) is 0 Å². The topological polar surface area (TPSA) is 30.9 Å². The summed E-state index contributed by atoms with van der Waals surface area (Å²) >= 11 is 5.63. The van der Waals surface area contributed by atoms with E-state index >= 15 is 0 Å². The molecule has 0 aromatic rings. The molecule has 3 saturated heterocycles. The zero-order chi connectivity index (χ0) is 7.03. The quantitative estimate of drug-likeness (QED) is 0.420. The molecule has 3 rings (SSSR count). The molecule has 0 spiro atoms. The second-order valence-corrected chi connectivity index (χ2v) is 5.61. The minimum atomic E-state index is -2.34. The van der Waals surface area contributed by atoms with Crippen molar-refractivity contribution in [2.75, 3.05) is 25.7 Å². The minimum Gasteiger partial charge on any atom is -0.359 e. The monoisotopic (exact) mass is 181 g/mol. The van der Waals surface area contributed by atoms with Gasteiger partial charge in [0.05, 0.1) is 25.7 Å². The molecule has 0 radical (unpaired) electrons. The van der Waals surface area contributed by atoms with Crippen LogP contribution in [0.3, 0.4) is 0 Å². The van der Waals surface area contributed by atoms with Crippen LogP contribution in [0.2, 0.25) is 0 Å². The van der Waals surface area contributed by atoms with Gasteiger partial charge in [0.1, 0.15) is 0 Å². The van der Waals surface area contributed by atoms with Crippen molar-refractivity contribution < 1.29 is 13.3 Å². The fourth-order valence-electron chi connectivity index (χ4n) is 0.921. The van der Waals surface area contributed by atoms with E-state index in [1.807, 2.05) is 4.90 Å². The molecule has 0 N–H and O–H groups in total. The van der Waals surface area contributed by atoms with E-state index in [1.54, 1.807) is 0 Å². The number of hydrogen-bond acceptors (Lipinski definition) is 4. The third kappa shape index (κ3) is 0.989. The molecule has 3 fully saturated rings. The maximum absolute atomic E-state index is 5.63. The lowest BCUT2D eigenvalue weighted by Crippen LogP contribution is -2.63. The van der Waals surface area contributed by atoms with E-state index in [1.165, 1.54) is 0 Å². The standard InChI is InChI=1S/C4H8ClNO3Si/c5-1-10-7-2-6(3-8-10)4-9-10/h1-4H2. The Hall–Kier alpha value is 0.347. The highest BCUT2D eigenvalue weighted by atomic mass is 35.5. The Morgan fingerprint density at radius 3 is 2.00 bits per heavy atom. The molecule has 10 heavy (non-hydrogen) atoms. The van der Waals surface area contributed by atoms with Gasteiger partial charge in [0, 0.05) is 0 Å². The summed E-state index contributed by atoms with van der Waals surface area (Å²) in [4.78, 5) is 1.92. The molecule has 0 unspecified atom stereocenters. The van der Waals surface area contributed by atoms with Gasteiger partial charge in [-0.2, -0.15) is 0 Å². The first-order valence-corrected chi connectivity index (χ1v) is 5.51. The number of fused-ring (bicyclic) bond motifs is 3. The molecule has 0 amide bonds. The maximum atomic E-state index is 5.63. The van der Waals surface area contributed by atoms with Crippen LogP contribution in [0.5, 0.6) is 0 Å². The molecular weight excluding hydrogens is 174 g/mol. The number of nitrogens with zero attached hydrogens (tertiary/aromatic N) is 1. The van der Waals surface area contributed by atoms with Crippen molar-refractivity contribution in [2.45, 2.75) is 0 Å². The SMILES string of the molecule is ClC[Si]12OCN(CO1)CO2. The summed E-state index contributed by atoms with van der Waals surface area (Å²) in [6.07, 6.45) is 0. The number of alkyl halides is 1. The van der Waals surface area contributed by atoms with Crippen molar-refractivity contribution in [2.24, 2.45) is 0 Å². The van der Waals surface area contributed by atoms with Gasteiger partial charge in [-0.15, -0.1) is 11.6 Å². The van der Waals surface area contributed by atoms with Crippen LogP contribution < -0.4 is 0 Å². The molecule has 3 aliphatic heterocycles. The molecule has 3 aliphatic rings. The van der Waals surface area contributed by atoms with Gasteiger partial charge in [-0.05, 0) is 0 Å². The van der Waals surface area contributed by atoms with Gasteiger partial charge in [0.15, 0.2) is 0 Å². The van der Waals surface area contributed by atoms with Crippen molar-refractivity contribution in [1.82, 2.24) is 4.90 Å². The van der Waals surface area contributed by atoms with Gasteiger partial charge in [0.25, 0.3) is 0 Å². The first-order chi connectivity index (χ1) is 4.85. The van der Waals surface area contributed by atoms with Crippen LogP contribution in [0.15, 0.2) is 0 Å². The lowest BCUT2D eigenvalue weighted by Gasteiger charge is -2.43. The third-order valence-electron chi connectivity index (χ3n) is 1.56. The maximum Gasteiger partial charge on any atom is 0.519 e. The Balaban J connectivity index is 2.08. The molecule has 0 aromatic heterocycles. The lowest BCUT2D eigenvalue weighted by molar-refractivity contribution is -0.160. The Kier molecular flexibility index (Phi) is 1.71. The van der Waals surface area contributed by atoms with Crippen LogP contribution >= 0.6 is 11.6 Å². The first-order valence-electron chi connectivity index (χ1n) is 3.05. The molecule has 3 heterocycles. The molecule has 0 atom stereocenters. The van der Waals surface area contributed by atoms with Crippen molar-refractivity contribution in [3.8, 4) is 0 Å². The molecule has 2 bridgehead atoms. The highest BCUT2D eigenvalue weighted by molar-refractivity contribution is 6.69. The average Bonchev–Trinajstić information content (AvgIpc) is 2.08. The van der Waals surface area contributed by atoms with Crippen LogP contribution in [-0.2, 0) is 13.3 Å². The third-order valence-corrected chi connectivity index (χ3v) is 4.58. The summed E-state index contributed by atoms with van der Waals surface area (Å²) in [5.41, 5.74) is 0.362. The van der Waals surface area contributed by atoms with Crippen LogP contribution in [0.1, 0.15) is 0 Å². The molecule has 0 aliphatic carbocycles. The number of halogens is 1. The fourth-order valence-corrected chi connectivity index (χ4v) is 3.24. The van der Waals surface area contributed by atoms with Crippen molar-refractivity contribution in [1.29, 1.82) is 0 Å². The smallest absolute Gasteiger partial charge is 0.359 e. The summed E-state index contributed by atoms with van der Waals surface area (Å²) < 4.78 is 15.9.